The monoisotopic (exact) mass is 391 g/mol. The molecule has 8 nitrogen and oxygen atoms in total. The van der Waals surface area contributed by atoms with Crippen molar-refractivity contribution in [3.8, 4) is 17.4 Å². The number of quaternary nitrogens is 1. The first-order valence-electron chi connectivity index (χ1n) is 8.81. The van der Waals surface area contributed by atoms with Crippen molar-refractivity contribution in [2.45, 2.75) is 13.0 Å². The third-order valence-corrected chi connectivity index (χ3v) is 5.94. The summed E-state index contributed by atoms with van der Waals surface area (Å²) in [6.07, 6.45) is 0. The van der Waals surface area contributed by atoms with Crippen LogP contribution in [0.2, 0.25) is 0 Å². The number of hydrogen-bond acceptors (Lipinski definition) is 7. The lowest BCUT2D eigenvalue weighted by Crippen LogP contribution is -3.14. The minimum atomic E-state index is -0.0671. The van der Waals surface area contributed by atoms with Gasteiger partial charge in [-0.05, 0) is 25.1 Å². The number of aromatic hydroxyl groups is 1. The molecule has 2 N–H and O–H groups in total. The number of methoxy groups -OCH3 is 2. The maximum absolute atomic E-state index is 10.9. The van der Waals surface area contributed by atoms with Gasteiger partial charge in [0.05, 0.1) is 27.4 Å². The van der Waals surface area contributed by atoms with Crippen LogP contribution in [0.1, 0.15) is 22.3 Å². The van der Waals surface area contributed by atoms with E-state index >= 15 is 0 Å². The van der Waals surface area contributed by atoms with Gasteiger partial charge in [-0.15, -0.1) is 5.10 Å². The molecule has 1 aliphatic rings. The number of thiazole rings is 1. The van der Waals surface area contributed by atoms with Crippen LogP contribution in [0.5, 0.6) is 17.4 Å². The smallest absolute Gasteiger partial charge is 0.235 e. The molecule has 1 atom stereocenters. The van der Waals surface area contributed by atoms with Crippen molar-refractivity contribution in [1.29, 1.82) is 0 Å². The fourth-order valence-corrected chi connectivity index (χ4v) is 4.75. The van der Waals surface area contributed by atoms with Crippen LogP contribution < -0.4 is 14.4 Å². The van der Waals surface area contributed by atoms with Crippen molar-refractivity contribution in [2.24, 2.45) is 0 Å². The molecule has 1 fully saturated rings. The van der Waals surface area contributed by atoms with E-state index in [0.29, 0.717) is 35.5 Å². The SMILES string of the molecule is COc1ccc([C@@H](c2sc3nc(C)nn3c2O)[NH+]2CCOCC2)cc1OC. The van der Waals surface area contributed by atoms with Crippen LogP contribution in [-0.4, -0.2) is 60.2 Å². The molecule has 144 valence electrons. The maximum atomic E-state index is 10.9. The van der Waals surface area contributed by atoms with Crippen LogP contribution in [0.15, 0.2) is 18.2 Å². The second-order valence-electron chi connectivity index (χ2n) is 6.46. The van der Waals surface area contributed by atoms with Gasteiger partial charge in [-0.25, -0.2) is 4.98 Å². The first-order valence-corrected chi connectivity index (χ1v) is 9.63. The molecule has 4 rings (SSSR count). The van der Waals surface area contributed by atoms with Crippen molar-refractivity contribution >= 4 is 16.3 Å². The third-order valence-electron chi connectivity index (χ3n) is 4.85. The number of morpholine rings is 1. The molecule has 0 unspecified atom stereocenters. The van der Waals surface area contributed by atoms with Crippen molar-refractivity contribution in [3.63, 3.8) is 0 Å². The predicted molar refractivity (Wildman–Crippen MR) is 100 cm³/mol. The van der Waals surface area contributed by atoms with E-state index in [0.717, 1.165) is 23.5 Å². The summed E-state index contributed by atoms with van der Waals surface area (Å²) in [5.74, 6) is 2.14. The van der Waals surface area contributed by atoms with Gasteiger partial charge < -0.3 is 24.2 Å². The molecule has 1 aromatic carbocycles. The van der Waals surface area contributed by atoms with E-state index in [1.165, 1.54) is 20.8 Å². The fourth-order valence-electron chi connectivity index (χ4n) is 3.56. The zero-order valence-corrected chi connectivity index (χ0v) is 16.4. The predicted octanol–water partition coefficient (Wildman–Crippen LogP) is 0.827. The van der Waals surface area contributed by atoms with Gasteiger partial charge in [0, 0.05) is 5.56 Å². The molecule has 27 heavy (non-hydrogen) atoms. The van der Waals surface area contributed by atoms with Crippen LogP contribution in [0.25, 0.3) is 4.96 Å². The van der Waals surface area contributed by atoms with Gasteiger partial charge >= 0.3 is 0 Å². The number of aromatic nitrogens is 3. The first-order chi connectivity index (χ1) is 13.1. The zero-order chi connectivity index (χ0) is 19.0. The van der Waals surface area contributed by atoms with Gasteiger partial charge in [-0.1, -0.05) is 11.3 Å². The van der Waals surface area contributed by atoms with Crippen LogP contribution >= 0.6 is 11.3 Å². The normalized spacial score (nSPS) is 16.6. The Balaban J connectivity index is 1.83. The van der Waals surface area contributed by atoms with Gasteiger partial charge in [0.2, 0.25) is 10.8 Å². The van der Waals surface area contributed by atoms with E-state index in [1.807, 2.05) is 25.1 Å². The average Bonchev–Trinajstić information content (AvgIpc) is 3.20. The molecule has 3 aromatic rings. The van der Waals surface area contributed by atoms with Gasteiger partial charge in [-0.2, -0.15) is 4.52 Å². The summed E-state index contributed by atoms with van der Waals surface area (Å²) >= 11 is 1.47. The van der Waals surface area contributed by atoms with E-state index in [1.54, 1.807) is 14.2 Å². The minimum Gasteiger partial charge on any atom is -0.493 e. The van der Waals surface area contributed by atoms with Crippen molar-refractivity contribution in [1.82, 2.24) is 14.6 Å². The molecule has 0 saturated carbocycles. The summed E-state index contributed by atoms with van der Waals surface area (Å²) in [5, 5.41) is 15.2. The molecular weight excluding hydrogens is 368 g/mol. The number of nitrogens with one attached hydrogen (secondary N) is 1. The van der Waals surface area contributed by atoms with E-state index in [2.05, 4.69) is 10.1 Å². The lowest BCUT2D eigenvalue weighted by atomic mass is 10.0. The topological polar surface area (TPSA) is 82.6 Å². The van der Waals surface area contributed by atoms with Gasteiger partial charge in [0.15, 0.2) is 17.5 Å². The lowest BCUT2D eigenvalue weighted by Gasteiger charge is -2.31. The quantitative estimate of drug-likeness (QED) is 0.670. The van der Waals surface area contributed by atoms with E-state index in [4.69, 9.17) is 14.2 Å². The average molecular weight is 391 g/mol. The Morgan fingerprint density at radius 2 is 1.96 bits per heavy atom. The Kier molecular flexibility index (Phi) is 4.90. The fraction of sp³-hybridized carbons (Fsp3) is 0.444. The molecule has 0 bridgehead atoms. The summed E-state index contributed by atoms with van der Waals surface area (Å²) in [6, 6.07) is 5.84. The third kappa shape index (κ3) is 3.22. The Morgan fingerprint density at radius 1 is 1.22 bits per heavy atom. The van der Waals surface area contributed by atoms with Gasteiger partial charge in [-0.3, -0.25) is 0 Å². The van der Waals surface area contributed by atoms with Crippen LogP contribution in [0, 0.1) is 6.92 Å². The van der Waals surface area contributed by atoms with E-state index < -0.39 is 0 Å². The van der Waals surface area contributed by atoms with E-state index in [-0.39, 0.29) is 11.9 Å². The Hall–Kier alpha value is -2.36. The molecular formula is C18H23N4O4S+. The molecule has 1 saturated heterocycles. The molecule has 3 heterocycles. The Bertz CT molecular complexity index is 948. The number of rotatable bonds is 5. The second kappa shape index (κ2) is 7.34. The van der Waals surface area contributed by atoms with Crippen molar-refractivity contribution in [2.75, 3.05) is 40.5 Å². The minimum absolute atomic E-state index is 0.0671. The molecule has 9 heteroatoms. The number of fused-ring (bicyclic) bond motifs is 1. The number of ether oxygens (including phenoxy) is 3. The van der Waals surface area contributed by atoms with Crippen LogP contribution in [0.4, 0.5) is 0 Å². The summed E-state index contributed by atoms with van der Waals surface area (Å²) < 4.78 is 17.9. The summed E-state index contributed by atoms with van der Waals surface area (Å²) in [4.78, 5) is 7.27. The molecule has 2 aromatic heterocycles. The lowest BCUT2D eigenvalue weighted by molar-refractivity contribution is -0.932. The summed E-state index contributed by atoms with van der Waals surface area (Å²) in [5.41, 5.74) is 1.04. The first kappa shape index (κ1) is 18.0. The highest BCUT2D eigenvalue weighted by Gasteiger charge is 2.34. The summed E-state index contributed by atoms with van der Waals surface area (Å²) in [6.45, 7) is 4.91. The molecule has 0 spiro atoms. The maximum Gasteiger partial charge on any atom is 0.235 e. The zero-order valence-electron chi connectivity index (χ0n) is 15.6. The van der Waals surface area contributed by atoms with Crippen LogP contribution in [0.3, 0.4) is 0 Å². The largest absolute Gasteiger partial charge is 0.493 e. The van der Waals surface area contributed by atoms with Crippen molar-refractivity contribution < 1.29 is 24.2 Å². The number of aryl methyl sites for hydroxylation is 1. The number of benzene rings is 1. The van der Waals surface area contributed by atoms with Crippen molar-refractivity contribution in [3.05, 3.63) is 34.5 Å². The Labute approximate surface area is 160 Å². The molecule has 0 radical (unpaired) electrons. The molecule has 0 amide bonds. The summed E-state index contributed by atoms with van der Waals surface area (Å²) in [7, 11) is 3.25. The second-order valence-corrected chi connectivity index (χ2v) is 7.47. The van der Waals surface area contributed by atoms with E-state index in [9.17, 15) is 5.11 Å². The number of nitrogens with zero attached hydrogens (tertiary/aromatic N) is 3. The van der Waals surface area contributed by atoms with Crippen LogP contribution in [-0.2, 0) is 4.74 Å². The van der Waals surface area contributed by atoms with Gasteiger partial charge in [0.1, 0.15) is 23.8 Å². The molecule has 0 aliphatic carbocycles. The van der Waals surface area contributed by atoms with Gasteiger partial charge in [0.25, 0.3) is 0 Å². The Morgan fingerprint density at radius 3 is 2.63 bits per heavy atom. The molecule has 1 aliphatic heterocycles. The standard InChI is InChI=1S/C18H22N4O4S/c1-11-19-18-22(20-11)17(23)16(27-18)15(21-6-8-26-9-7-21)12-4-5-13(24-2)14(10-12)25-3/h4-5,10,15,23H,6-9H2,1-3H3/p+1/t15-/m0/s1. The highest BCUT2D eigenvalue weighted by Crippen LogP contribution is 2.37. The number of hydrogen-bond donors (Lipinski definition) is 2. The highest BCUT2D eigenvalue weighted by atomic mass is 32.1. The highest BCUT2D eigenvalue weighted by molar-refractivity contribution is 7.17.